The van der Waals surface area contributed by atoms with Crippen molar-refractivity contribution in [1.82, 2.24) is 5.32 Å². The molecule has 1 saturated heterocycles. The van der Waals surface area contributed by atoms with Gasteiger partial charge in [-0.2, -0.15) is 0 Å². The van der Waals surface area contributed by atoms with Gasteiger partial charge in [-0.25, -0.2) is 0 Å². The van der Waals surface area contributed by atoms with Gasteiger partial charge in [0.2, 0.25) is 0 Å². The van der Waals surface area contributed by atoms with E-state index in [0.717, 1.165) is 19.0 Å². The fraction of sp³-hybridized carbons (Fsp3) is 0.444. The zero-order valence-corrected chi connectivity index (χ0v) is 13.0. The molecule has 1 aliphatic heterocycles. The molecule has 1 aliphatic carbocycles. The van der Waals surface area contributed by atoms with Gasteiger partial charge in [-0.1, -0.05) is 49.6 Å². The molecule has 1 nitrogen and oxygen atoms in total. The summed E-state index contributed by atoms with van der Waals surface area (Å²) in [6.45, 7) is 10.1. The average molecular weight is 287 g/mol. The van der Waals surface area contributed by atoms with Gasteiger partial charge in [0, 0.05) is 10.2 Å². The van der Waals surface area contributed by atoms with Crippen molar-refractivity contribution in [3.05, 3.63) is 60.1 Å². The predicted octanol–water partition coefficient (Wildman–Crippen LogP) is 4.62. The van der Waals surface area contributed by atoms with E-state index >= 15 is 0 Å². The molecular formula is C18H25NS. The van der Waals surface area contributed by atoms with Crippen LogP contribution in [0.15, 0.2) is 60.1 Å². The van der Waals surface area contributed by atoms with Gasteiger partial charge < -0.3 is 5.32 Å². The average Bonchev–Trinajstić information content (AvgIpc) is 2.52. The van der Waals surface area contributed by atoms with E-state index in [-0.39, 0.29) is 0 Å². The highest BCUT2D eigenvalue weighted by Crippen LogP contribution is 2.38. The van der Waals surface area contributed by atoms with Crippen LogP contribution < -0.4 is 5.32 Å². The maximum atomic E-state index is 4.01. The van der Waals surface area contributed by atoms with Crippen LogP contribution in [0.4, 0.5) is 0 Å². The Balaban J connectivity index is 2.15. The SMILES string of the molecule is C=C/C=C(\C=C)C(SC1=CCCC=C1)C1CCNCC1. The molecule has 0 amide bonds. The predicted molar refractivity (Wildman–Crippen MR) is 91.9 cm³/mol. The number of allylic oxidation sites excluding steroid dienone is 6. The quantitative estimate of drug-likeness (QED) is 0.715. The lowest BCUT2D eigenvalue weighted by molar-refractivity contribution is 0.381. The normalized spacial score (nSPS) is 22.2. The fourth-order valence-corrected chi connectivity index (χ4v) is 4.28. The zero-order chi connectivity index (χ0) is 14.2. The van der Waals surface area contributed by atoms with Gasteiger partial charge in [-0.3, -0.25) is 0 Å². The number of hydrogen-bond donors (Lipinski definition) is 1. The summed E-state index contributed by atoms with van der Waals surface area (Å²) in [7, 11) is 0. The van der Waals surface area contributed by atoms with Crippen LogP contribution in [0.25, 0.3) is 0 Å². The minimum Gasteiger partial charge on any atom is -0.317 e. The van der Waals surface area contributed by atoms with Crippen LogP contribution in [0.5, 0.6) is 0 Å². The Labute approximate surface area is 127 Å². The van der Waals surface area contributed by atoms with E-state index < -0.39 is 0 Å². The molecule has 2 rings (SSSR count). The van der Waals surface area contributed by atoms with E-state index in [1.165, 1.54) is 36.2 Å². The number of thioether (sulfide) groups is 1. The first-order valence-electron chi connectivity index (χ1n) is 7.54. The summed E-state index contributed by atoms with van der Waals surface area (Å²) < 4.78 is 0. The number of rotatable bonds is 6. The van der Waals surface area contributed by atoms with E-state index in [9.17, 15) is 0 Å². The molecule has 108 valence electrons. The minimum atomic E-state index is 0.501. The second-order valence-electron chi connectivity index (χ2n) is 5.32. The zero-order valence-electron chi connectivity index (χ0n) is 12.2. The fourth-order valence-electron chi connectivity index (χ4n) is 2.82. The number of nitrogens with one attached hydrogen (secondary N) is 1. The Kier molecular flexibility index (Phi) is 6.41. The standard InChI is InChI=1S/C18H25NS/c1-3-8-15(4-2)18(16-11-13-19-14-12-16)20-17-9-6-5-7-10-17/h3-4,6,8-10,16,18-19H,1-2,5,7,11-14H2/b15-8+. The molecule has 0 aromatic carbocycles. The van der Waals surface area contributed by atoms with Crippen LogP contribution >= 0.6 is 11.8 Å². The van der Waals surface area contributed by atoms with Crippen molar-refractivity contribution >= 4 is 11.8 Å². The summed E-state index contributed by atoms with van der Waals surface area (Å²) in [5.74, 6) is 0.724. The molecular weight excluding hydrogens is 262 g/mol. The molecule has 2 aliphatic rings. The van der Waals surface area contributed by atoms with Crippen LogP contribution in [0.2, 0.25) is 0 Å². The molecule has 1 fully saturated rings. The summed E-state index contributed by atoms with van der Waals surface area (Å²) >= 11 is 2.00. The van der Waals surface area contributed by atoms with Crippen molar-refractivity contribution in [1.29, 1.82) is 0 Å². The summed E-state index contributed by atoms with van der Waals surface area (Å²) in [5, 5.41) is 3.96. The molecule has 0 aromatic rings. The van der Waals surface area contributed by atoms with Crippen molar-refractivity contribution in [2.45, 2.75) is 30.9 Å². The maximum Gasteiger partial charge on any atom is 0.0373 e. The Bertz CT molecular complexity index is 425. The summed E-state index contributed by atoms with van der Waals surface area (Å²) in [6.07, 6.45) is 17.8. The molecule has 1 unspecified atom stereocenters. The Hall–Kier alpha value is -0.990. The van der Waals surface area contributed by atoms with Gasteiger partial charge in [0.25, 0.3) is 0 Å². The Morgan fingerprint density at radius 2 is 2.10 bits per heavy atom. The first kappa shape index (κ1) is 15.4. The first-order chi connectivity index (χ1) is 9.85. The van der Waals surface area contributed by atoms with Gasteiger partial charge in [-0.05, 0) is 50.3 Å². The smallest absolute Gasteiger partial charge is 0.0373 e. The first-order valence-corrected chi connectivity index (χ1v) is 8.42. The molecule has 20 heavy (non-hydrogen) atoms. The Morgan fingerprint density at radius 3 is 2.70 bits per heavy atom. The third-order valence-electron chi connectivity index (χ3n) is 3.91. The molecule has 1 heterocycles. The molecule has 0 saturated carbocycles. The van der Waals surface area contributed by atoms with E-state index in [1.807, 2.05) is 23.9 Å². The van der Waals surface area contributed by atoms with Crippen LogP contribution in [0, 0.1) is 5.92 Å². The highest BCUT2D eigenvalue weighted by Gasteiger charge is 2.26. The Morgan fingerprint density at radius 1 is 1.30 bits per heavy atom. The molecule has 1 N–H and O–H groups in total. The molecule has 0 radical (unpaired) electrons. The summed E-state index contributed by atoms with van der Waals surface area (Å²) in [4.78, 5) is 1.41. The van der Waals surface area contributed by atoms with Gasteiger partial charge in [0.15, 0.2) is 0 Å². The van der Waals surface area contributed by atoms with Crippen molar-refractivity contribution in [2.24, 2.45) is 5.92 Å². The molecule has 0 spiro atoms. The lowest BCUT2D eigenvalue weighted by atomic mass is 9.90. The second kappa shape index (κ2) is 8.33. The van der Waals surface area contributed by atoms with Gasteiger partial charge in [-0.15, -0.1) is 11.8 Å². The maximum absolute atomic E-state index is 4.01. The monoisotopic (exact) mass is 287 g/mol. The van der Waals surface area contributed by atoms with Gasteiger partial charge >= 0.3 is 0 Å². The molecule has 1 atom stereocenters. The lowest BCUT2D eigenvalue weighted by Gasteiger charge is -2.31. The van der Waals surface area contributed by atoms with Crippen LogP contribution in [-0.2, 0) is 0 Å². The largest absolute Gasteiger partial charge is 0.317 e. The van der Waals surface area contributed by atoms with Crippen molar-refractivity contribution in [3.8, 4) is 0 Å². The van der Waals surface area contributed by atoms with Crippen molar-refractivity contribution in [3.63, 3.8) is 0 Å². The molecule has 0 bridgehead atoms. The highest BCUT2D eigenvalue weighted by molar-refractivity contribution is 8.04. The van der Waals surface area contributed by atoms with Crippen LogP contribution in [-0.4, -0.2) is 18.3 Å². The van der Waals surface area contributed by atoms with Crippen LogP contribution in [0.1, 0.15) is 25.7 Å². The van der Waals surface area contributed by atoms with Crippen molar-refractivity contribution in [2.75, 3.05) is 13.1 Å². The van der Waals surface area contributed by atoms with Gasteiger partial charge in [0.1, 0.15) is 0 Å². The lowest BCUT2D eigenvalue weighted by Crippen LogP contribution is -2.33. The second-order valence-corrected chi connectivity index (χ2v) is 6.53. The topological polar surface area (TPSA) is 12.0 Å². The number of hydrogen-bond acceptors (Lipinski definition) is 2. The minimum absolute atomic E-state index is 0.501. The summed E-state index contributed by atoms with van der Waals surface area (Å²) in [6, 6.07) is 0. The molecule has 0 aromatic heterocycles. The van der Waals surface area contributed by atoms with E-state index in [2.05, 4.69) is 42.8 Å². The van der Waals surface area contributed by atoms with E-state index in [1.54, 1.807) is 0 Å². The summed E-state index contributed by atoms with van der Waals surface area (Å²) in [5.41, 5.74) is 1.32. The highest BCUT2D eigenvalue weighted by atomic mass is 32.2. The van der Waals surface area contributed by atoms with Crippen LogP contribution in [0.3, 0.4) is 0 Å². The van der Waals surface area contributed by atoms with E-state index in [4.69, 9.17) is 0 Å². The van der Waals surface area contributed by atoms with Crippen molar-refractivity contribution < 1.29 is 0 Å². The number of piperidine rings is 1. The van der Waals surface area contributed by atoms with E-state index in [0.29, 0.717) is 5.25 Å². The van der Waals surface area contributed by atoms with Gasteiger partial charge in [0.05, 0.1) is 0 Å². The third kappa shape index (κ3) is 4.26. The third-order valence-corrected chi connectivity index (χ3v) is 5.40. The molecule has 2 heteroatoms.